The van der Waals surface area contributed by atoms with Gasteiger partial charge in [0.05, 0.1) is 45.1 Å². The van der Waals surface area contributed by atoms with Gasteiger partial charge >= 0.3 is 0 Å². The lowest BCUT2D eigenvalue weighted by atomic mass is 10.2. The molecule has 0 saturated carbocycles. The van der Waals surface area contributed by atoms with E-state index in [2.05, 4.69) is 4.98 Å². The SMILES string of the molecule is COc1ccc2c(c1)c1ncn(CC[NH+]3CCCC3)c(=O)c1n2C. The number of rotatable bonds is 4. The van der Waals surface area contributed by atoms with Crippen molar-refractivity contribution in [1.29, 1.82) is 0 Å². The first kappa shape index (κ1) is 15.2. The standard InChI is InChI=1S/C18H22N4O2/c1-20-15-6-5-13(24-2)11-14(15)16-17(20)18(23)22(12-19-16)10-9-21-7-3-4-8-21/h5-6,11-12H,3-4,7-10H2,1-2H3/p+1. The zero-order chi connectivity index (χ0) is 16.7. The molecule has 1 aliphatic heterocycles. The van der Waals surface area contributed by atoms with Gasteiger partial charge in [-0.25, -0.2) is 4.98 Å². The Balaban J connectivity index is 1.78. The zero-order valence-electron chi connectivity index (χ0n) is 14.2. The Morgan fingerprint density at radius 3 is 2.83 bits per heavy atom. The molecule has 1 aliphatic rings. The molecule has 1 saturated heterocycles. The van der Waals surface area contributed by atoms with Crippen LogP contribution < -0.4 is 15.2 Å². The third-order valence-corrected chi connectivity index (χ3v) is 5.19. The van der Waals surface area contributed by atoms with Gasteiger partial charge in [-0.2, -0.15) is 0 Å². The van der Waals surface area contributed by atoms with Crippen LogP contribution in [0.15, 0.2) is 29.3 Å². The molecule has 1 N–H and O–H groups in total. The van der Waals surface area contributed by atoms with Crippen LogP contribution in [-0.2, 0) is 13.6 Å². The third kappa shape index (κ3) is 2.38. The first-order valence-corrected chi connectivity index (χ1v) is 8.54. The maximum absolute atomic E-state index is 12.9. The Hall–Kier alpha value is -2.34. The van der Waals surface area contributed by atoms with E-state index in [0.717, 1.165) is 35.3 Å². The molecule has 24 heavy (non-hydrogen) atoms. The minimum atomic E-state index is 0.0382. The second-order valence-corrected chi connectivity index (χ2v) is 6.59. The lowest BCUT2D eigenvalue weighted by Crippen LogP contribution is -3.10. The summed E-state index contributed by atoms with van der Waals surface area (Å²) in [4.78, 5) is 19.1. The number of methoxy groups -OCH3 is 1. The monoisotopic (exact) mass is 327 g/mol. The summed E-state index contributed by atoms with van der Waals surface area (Å²) in [5.41, 5.74) is 2.45. The van der Waals surface area contributed by atoms with Crippen molar-refractivity contribution >= 4 is 21.9 Å². The number of likely N-dealkylation sites (tertiary alicyclic amines) is 1. The van der Waals surface area contributed by atoms with Crippen molar-refractivity contribution in [1.82, 2.24) is 14.1 Å². The largest absolute Gasteiger partial charge is 0.497 e. The van der Waals surface area contributed by atoms with E-state index in [1.807, 2.05) is 29.8 Å². The highest BCUT2D eigenvalue weighted by molar-refractivity contribution is 6.05. The summed E-state index contributed by atoms with van der Waals surface area (Å²) < 4.78 is 9.00. The van der Waals surface area contributed by atoms with Crippen LogP contribution in [0.25, 0.3) is 21.9 Å². The second-order valence-electron chi connectivity index (χ2n) is 6.59. The van der Waals surface area contributed by atoms with Crippen LogP contribution in [0.2, 0.25) is 0 Å². The maximum atomic E-state index is 12.9. The van der Waals surface area contributed by atoms with Gasteiger partial charge in [0.1, 0.15) is 16.8 Å². The Morgan fingerprint density at radius 2 is 2.08 bits per heavy atom. The smallest absolute Gasteiger partial charge is 0.278 e. The number of aryl methyl sites for hydroxylation is 1. The predicted molar refractivity (Wildman–Crippen MR) is 93.8 cm³/mol. The quantitative estimate of drug-likeness (QED) is 0.762. The van der Waals surface area contributed by atoms with Crippen molar-refractivity contribution < 1.29 is 9.64 Å². The molecule has 3 heterocycles. The summed E-state index contributed by atoms with van der Waals surface area (Å²) in [5, 5.41) is 0.960. The Kier molecular flexibility index (Phi) is 3.76. The molecule has 2 aromatic heterocycles. The third-order valence-electron chi connectivity index (χ3n) is 5.19. The molecule has 0 unspecified atom stereocenters. The number of hydrogen-bond acceptors (Lipinski definition) is 3. The molecule has 0 bridgehead atoms. The molecule has 6 heteroatoms. The fraction of sp³-hybridized carbons (Fsp3) is 0.444. The highest BCUT2D eigenvalue weighted by Crippen LogP contribution is 2.27. The Bertz CT molecular complexity index is 951. The van der Waals surface area contributed by atoms with Crippen LogP contribution in [0, 0.1) is 0 Å². The number of fused-ring (bicyclic) bond motifs is 3. The van der Waals surface area contributed by atoms with Crippen molar-refractivity contribution in [2.75, 3.05) is 26.7 Å². The van der Waals surface area contributed by atoms with Gasteiger partial charge in [0, 0.05) is 25.3 Å². The Morgan fingerprint density at radius 1 is 1.29 bits per heavy atom. The number of aromatic nitrogens is 3. The predicted octanol–water partition coefficient (Wildman–Crippen LogP) is 0.575. The zero-order valence-corrected chi connectivity index (χ0v) is 14.2. The van der Waals surface area contributed by atoms with E-state index >= 15 is 0 Å². The van der Waals surface area contributed by atoms with Crippen LogP contribution in [0.1, 0.15) is 12.8 Å². The minimum absolute atomic E-state index is 0.0382. The molecular formula is C18H23N4O2+. The van der Waals surface area contributed by atoms with Gasteiger partial charge in [0.15, 0.2) is 0 Å². The second kappa shape index (κ2) is 5.94. The molecule has 1 fully saturated rings. The first-order chi connectivity index (χ1) is 11.7. The summed E-state index contributed by atoms with van der Waals surface area (Å²) in [7, 11) is 3.57. The van der Waals surface area contributed by atoms with Crippen molar-refractivity contribution in [3.63, 3.8) is 0 Å². The van der Waals surface area contributed by atoms with Crippen molar-refractivity contribution in [2.24, 2.45) is 7.05 Å². The summed E-state index contributed by atoms with van der Waals surface area (Å²) >= 11 is 0. The molecule has 1 aromatic carbocycles. The van der Waals surface area contributed by atoms with E-state index in [4.69, 9.17) is 4.74 Å². The average molecular weight is 327 g/mol. The van der Waals surface area contributed by atoms with Gasteiger partial charge in [0.25, 0.3) is 5.56 Å². The van der Waals surface area contributed by atoms with Gasteiger partial charge in [-0.1, -0.05) is 0 Å². The van der Waals surface area contributed by atoms with Crippen LogP contribution in [0.3, 0.4) is 0 Å². The van der Waals surface area contributed by atoms with Gasteiger partial charge in [-0.15, -0.1) is 0 Å². The lowest BCUT2D eigenvalue weighted by Gasteiger charge is -2.12. The van der Waals surface area contributed by atoms with Gasteiger partial charge in [-0.3, -0.25) is 9.36 Å². The van der Waals surface area contributed by atoms with Crippen LogP contribution in [0.4, 0.5) is 0 Å². The summed E-state index contributed by atoms with van der Waals surface area (Å²) in [6.45, 7) is 4.16. The number of nitrogens with zero attached hydrogens (tertiary/aromatic N) is 3. The fourth-order valence-corrected chi connectivity index (χ4v) is 3.79. The Labute approximate surface area is 140 Å². The number of ether oxygens (including phenoxy) is 1. The molecule has 4 rings (SSSR count). The molecule has 0 atom stereocenters. The van der Waals surface area contributed by atoms with Crippen molar-refractivity contribution in [3.8, 4) is 5.75 Å². The highest BCUT2D eigenvalue weighted by Gasteiger charge is 2.18. The molecule has 3 aromatic rings. The lowest BCUT2D eigenvalue weighted by molar-refractivity contribution is -0.888. The summed E-state index contributed by atoms with van der Waals surface area (Å²) in [6, 6.07) is 5.84. The molecule has 0 amide bonds. The number of hydrogen-bond donors (Lipinski definition) is 1. The van der Waals surface area contributed by atoms with Gasteiger partial charge < -0.3 is 14.2 Å². The van der Waals surface area contributed by atoms with Crippen LogP contribution in [0.5, 0.6) is 5.75 Å². The number of quaternary nitrogens is 1. The molecular weight excluding hydrogens is 304 g/mol. The van der Waals surface area contributed by atoms with E-state index in [-0.39, 0.29) is 5.56 Å². The molecule has 0 radical (unpaired) electrons. The summed E-state index contributed by atoms with van der Waals surface area (Å²) in [6.07, 6.45) is 4.29. The topological polar surface area (TPSA) is 53.5 Å². The van der Waals surface area contributed by atoms with Gasteiger partial charge in [0.2, 0.25) is 0 Å². The number of nitrogens with one attached hydrogen (secondary N) is 1. The average Bonchev–Trinajstić information content (AvgIpc) is 3.21. The number of benzene rings is 1. The molecule has 6 nitrogen and oxygen atoms in total. The van der Waals surface area contributed by atoms with E-state index in [9.17, 15) is 4.79 Å². The van der Waals surface area contributed by atoms with E-state index in [1.54, 1.807) is 22.9 Å². The summed E-state index contributed by atoms with van der Waals surface area (Å²) in [5.74, 6) is 0.776. The molecule has 0 spiro atoms. The molecule has 126 valence electrons. The van der Waals surface area contributed by atoms with Crippen molar-refractivity contribution in [2.45, 2.75) is 19.4 Å². The van der Waals surface area contributed by atoms with E-state index in [1.165, 1.54) is 25.9 Å². The van der Waals surface area contributed by atoms with Crippen LogP contribution >= 0.6 is 0 Å². The fourth-order valence-electron chi connectivity index (χ4n) is 3.79. The van der Waals surface area contributed by atoms with Crippen molar-refractivity contribution in [3.05, 3.63) is 34.9 Å². The highest BCUT2D eigenvalue weighted by atomic mass is 16.5. The molecule has 0 aliphatic carbocycles. The maximum Gasteiger partial charge on any atom is 0.278 e. The van der Waals surface area contributed by atoms with E-state index < -0.39 is 0 Å². The normalized spacial score (nSPS) is 15.6. The van der Waals surface area contributed by atoms with Gasteiger partial charge in [-0.05, 0) is 18.2 Å². The first-order valence-electron chi connectivity index (χ1n) is 8.54. The van der Waals surface area contributed by atoms with Crippen LogP contribution in [-0.4, -0.2) is 40.9 Å². The minimum Gasteiger partial charge on any atom is -0.497 e. The van der Waals surface area contributed by atoms with E-state index in [0.29, 0.717) is 5.52 Å².